The van der Waals surface area contributed by atoms with Crippen LogP contribution in [0.3, 0.4) is 0 Å². The Morgan fingerprint density at radius 2 is 1.09 bits per heavy atom. The minimum absolute atomic E-state index is 0.103. The molecule has 0 N–H and O–H groups in total. The van der Waals surface area contributed by atoms with Gasteiger partial charge < -0.3 is 13.3 Å². The number of ketones is 2. The second kappa shape index (κ2) is 18.8. The van der Waals surface area contributed by atoms with Gasteiger partial charge in [-0.25, -0.2) is 0 Å². The molecule has 0 bridgehead atoms. The summed E-state index contributed by atoms with van der Waals surface area (Å²) in [6, 6.07) is 0. The summed E-state index contributed by atoms with van der Waals surface area (Å²) in [6.45, 7) is 10.8. The van der Waals surface area contributed by atoms with Gasteiger partial charge in [0.15, 0.2) is 0 Å². The van der Waals surface area contributed by atoms with E-state index in [4.69, 9.17) is 0 Å². The molecule has 0 heterocycles. The van der Waals surface area contributed by atoms with E-state index >= 15 is 0 Å². The molecule has 0 aliphatic carbocycles. The maximum absolute atomic E-state index is 10.4. The zero-order chi connectivity index (χ0) is 18.8. The van der Waals surface area contributed by atoms with Crippen LogP contribution < -0.4 is 0 Å². The van der Waals surface area contributed by atoms with E-state index in [1.165, 1.54) is 13.8 Å². The molecule has 2 radical (unpaired) electrons. The monoisotopic (exact) mass is 346 g/mol. The van der Waals surface area contributed by atoms with Crippen molar-refractivity contribution in [1.29, 1.82) is 0 Å². The fourth-order valence-electron chi connectivity index (χ4n) is 0.831. The van der Waals surface area contributed by atoms with Gasteiger partial charge in [-0.1, -0.05) is 0 Å². The zero-order valence-corrected chi connectivity index (χ0v) is 16.0. The predicted molar refractivity (Wildman–Crippen MR) is 85.8 cm³/mol. The summed E-state index contributed by atoms with van der Waals surface area (Å²) in [7, 11) is 0. The summed E-state index contributed by atoms with van der Waals surface area (Å²) in [6.07, 6.45) is 0.141. The molecule has 0 atom stereocenters. The molecular weight excluding hydrogens is 319 g/mol. The van der Waals surface area contributed by atoms with Gasteiger partial charge in [-0.05, 0) is 41.5 Å². The summed E-state index contributed by atoms with van der Waals surface area (Å²) in [5.41, 5.74) is 0. The predicted octanol–water partition coefficient (Wildman–Crippen LogP) is 1.55. The van der Waals surface area contributed by atoms with Gasteiger partial charge in [0.05, 0.1) is 13.2 Å². The molecule has 0 rings (SSSR count). The van der Waals surface area contributed by atoms with Crippen LogP contribution in [-0.2, 0) is 32.4 Å². The van der Waals surface area contributed by atoms with Crippen molar-refractivity contribution in [1.82, 2.24) is 0 Å². The average molecular weight is 346 g/mol. The number of hydrogen-bond donors (Lipinski definition) is 0. The van der Waals surface area contributed by atoms with Gasteiger partial charge in [0.1, 0.15) is 24.4 Å². The molecule has 7 nitrogen and oxygen atoms in total. The third kappa shape index (κ3) is 33.5. The number of Topliss-reactive ketones (excluding diaryl/α,β-unsaturated/α-hetero) is 2. The largest absolute Gasteiger partial charge is 0.514 e. The number of carbonyl (C=O) groups is 4. The summed E-state index contributed by atoms with van der Waals surface area (Å²) in [4.78, 5) is 41.3. The molecule has 0 fully saturated rings. The molecule has 0 spiro atoms. The van der Waals surface area contributed by atoms with Crippen LogP contribution in [0.4, 0.5) is 0 Å². The van der Waals surface area contributed by atoms with Crippen LogP contribution in [0.2, 0.25) is 0 Å². The van der Waals surface area contributed by atoms with Crippen molar-refractivity contribution in [3.05, 3.63) is 0 Å². The second-order valence-electron chi connectivity index (χ2n) is 4.55. The van der Waals surface area contributed by atoms with Crippen LogP contribution in [0.15, 0.2) is 0 Å². The normalized spacial score (nSPS) is 8.83. The Balaban J connectivity index is -0.000000273. The van der Waals surface area contributed by atoms with Crippen molar-refractivity contribution in [3.63, 3.8) is 0 Å². The van der Waals surface area contributed by atoms with Crippen molar-refractivity contribution >= 4 is 40.1 Å². The smallest absolute Gasteiger partial charge is 0.369 e. The van der Waals surface area contributed by atoms with Crippen molar-refractivity contribution < 1.29 is 32.4 Å². The lowest BCUT2D eigenvalue weighted by Crippen LogP contribution is -2.07. The van der Waals surface area contributed by atoms with Crippen molar-refractivity contribution in [2.24, 2.45) is 0 Å². The van der Waals surface area contributed by atoms with Crippen LogP contribution in [0, 0.1) is 0 Å². The number of ether oxygens (including phenoxy) is 2. The van der Waals surface area contributed by atoms with Crippen molar-refractivity contribution in [2.45, 2.75) is 60.5 Å². The van der Waals surface area contributed by atoms with Gasteiger partial charge in [-0.3, -0.25) is 19.2 Å². The first-order valence-corrected chi connectivity index (χ1v) is 7.73. The molecule has 0 aliphatic heterocycles. The van der Waals surface area contributed by atoms with Gasteiger partial charge in [0.2, 0.25) is 0 Å². The van der Waals surface area contributed by atoms with E-state index in [9.17, 15) is 19.2 Å². The van der Waals surface area contributed by atoms with Gasteiger partial charge in [-0.15, -0.1) is 0 Å². The van der Waals surface area contributed by atoms with Crippen molar-refractivity contribution in [3.8, 4) is 0 Å². The molecule has 23 heavy (non-hydrogen) atoms. The van der Waals surface area contributed by atoms with Crippen LogP contribution >= 0.6 is 0 Å². The summed E-state index contributed by atoms with van der Waals surface area (Å²) in [5.74, 6) is -1.20. The molecule has 0 saturated heterocycles. The van der Waals surface area contributed by atoms with Gasteiger partial charge in [0, 0.05) is 6.10 Å². The summed E-state index contributed by atoms with van der Waals surface area (Å²) >= 11 is 2.19. The lowest BCUT2D eigenvalue weighted by molar-refractivity contribution is -0.146. The topological polar surface area (TPSA) is 96.0 Å². The number of carbonyl (C=O) groups excluding carboxylic acids is 4. The SMILES string of the molecule is CC(C)[O][Al].CCOC(=O)CC(C)=O.CCOC(=O)CC(C)=O. The highest BCUT2D eigenvalue weighted by Crippen LogP contribution is 1.86. The molecule has 0 saturated carbocycles. The van der Waals surface area contributed by atoms with E-state index in [-0.39, 0.29) is 24.4 Å². The minimum atomic E-state index is -0.440. The molecule has 8 heteroatoms. The minimum Gasteiger partial charge on any atom is -0.514 e. The fourth-order valence-corrected chi connectivity index (χ4v) is 0.831. The zero-order valence-electron chi connectivity index (χ0n) is 14.8. The van der Waals surface area contributed by atoms with Gasteiger partial charge in [-0.2, -0.15) is 0 Å². The Kier molecular flexibility index (Phi) is 21.8. The fraction of sp³-hybridized carbons (Fsp3) is 0.733. The Morgan fingerprint density at radius 3 is 1.22 bits per heavy atom. The number of esters is 2. The van der Waals surface area contributed by atoms with E-state index in [1.54, 1.807) is 13.8 Å². The van der Waals surface area contributed by atoms with Crippen LogP contribution in [0.25, 0.3) is 0 Å². The van der Waals surface area contributed by atoms with E-state index in [0.29, 0.717) is 19.3 Å². The quantitative estimate of drug-likeness (QED) is 0.392. The van der Waals surface area contributed by atoms with Crippen molar-refractivity contribution in [2.75, 3.05) is 13.2 Å². The number of rotatable bonds is 7. The third-order valence-corrected chi connectivity index (χ3v) is 2.21. The Bertz CT molecular complexity index is 324. The first kappa shape index (κ1) is 26.7. The first-order valence-electron chi connectivity index (χ1n) is 7.26. The van der Waals surface area contributed by atoms with Crippen LogP contribution in [0.1, 0.15) is 54.4 Å². The van der Waals surface area contributed by atoms with E-state index < -0.39 is 11.9 Å². The van der Waals surface area contributed by atoms with E-state index in [0.717, 1.165) is 0 Å². The molecule has 0 amide bonds. The molecule has 0 aromatic carbocycles. The Hall–Kier alpha value is -1.23. The Morgan fingerprint density at radius 1 is 0.826 bits per heavy atom. The third-order valence-electron chi connectivity index (χ3n) is 1.67. The van der Waals surface area contributed by atoms with Crippen LogP contribution in [-0.4, -0.2) is 59.4 Å². The highest BCUT2D eigenvalue weighted by Gasteiger charge is 2.04. The standard InChI is InChI=1S/2C6H10O3.C3H7O.Al/c2*1-3-9-6(8)4-5(2)7;1-3(2)4;/h2*3-4H2,1-2H3;3H,1-2H3;/q;;-1;+1. The Labute approximate surface area is 146 Å². The van der Waals surface area contributed by atoms with E-state index in [2.05, 4.69) is 29.9 Å². The van der Waals surface area contributed by atoms with Gasteiger partial charge >= 0.3 is 28.6 Å². The average Bonchev–Trinajstić information content (AvgIpc) is 2.38. The highest BCUT2D eigenvalue weighted by atomic mass is 27.1. The highest BCUT2D eigenvalue weighted by molar-refractivity contribution is 5.98. The van der Waals surface area contributed by atoms with Gasteiger partial charge in [0.25, 0.3) is 0 Å². The molecule has 0 aliphatic rings. The lowest BCUT2D eigenvalue weighted by atomic mass is 10.3. The van der Waals surface area contributed by atoms with Crippen LogP contribution in [0.5, 0.6) is 0 Å². The summed E-state index contributed by atoms with van der Waals surface area (Å²) < 4.78 is 13.7. The molecule has 0 aromatic heterocycles. The first-order chi connectivity index (χ1) is 10.6. The van der Waals surface area contributed by atoms with E-state index in [1.807, 2.05) is 13.8 Å². The maximum Gasteiger partial charge on any atom is 0.369 e. The summed E-state index contributed by atoms with van der Waals surface area (Å²) in [5, 5.41) is 0. The lowest BCUT2D eigenvalue weighted by Gasteiger charge is -1.98. The maximum atomic E-state index is 10.4. The second-order valence-corrected chi connectivity index (χ2v) is 4.82. The molecular formula is C15H27AlO7. The molecule has 0 aromatic rings. The molecule has 132 valence electrons. The number of hydrogen-bond acceptors (Lipinski definition) is 7. The molecule has 0 unspecified atom stereocenters.